The second-order valence-electron chi connectivity index (χ2n) is 4.84. The van der Waals surface area contributed by atoms with Crippen LogP contribution in [-0.2, 0) is 11.3 Å². The molecule has 1 unspecified atom stereocenters. The number of fused-ring (bicyclic) bond motifs is 1. The van der Waals surface area contributed by atoms with Gasteiger partial charge in [0.25, 0.3) is 0 Å². The fourth-order valence-electron chi connectivity index (χ4n) is 2.16. The number of carbonyl (C=O) groups is 1. The lowest BCUT2D eigenvalue weighted by Gasteiger charge is -2.21. The molecule has 0 spiro atoms. The molecule has 1 heterocycles. The van der Waals surface area contributed by atoms with Crippen molar-refractivity contribution in [2.45, 2.75) is 13.5 Å². The predicted octanol–water partition coefficient (Wildman–Crippen LogP) is 1.65. The molecule has 1 N–H and O–H groups in total. The molecule has 1 aliphatic rings. The minimum Gasteiger partial charge on any atom is -0.454 e. The minimum atomic E-state index is -0.0241. The second-order valence-corrected chi connectivity index (χ2v) is 4.84. The summed E-state index contributed by atoms with van der Waals surface area (Å²) in [5.41, 5.74) is 1.04. The van der Waals surface area contributed by atoms with Gasteiger partial charge in [-0.2, -0.15) is 0 Å². The number of halogens is 1. The zero-order chi connectivity index (χ0) is 13.8. The Hall–Kier alpha value is -1.46. The van der Waals surface area contributed by atoms with E-state index in [1.54, 1.807) is 4.90 Å². The summed E-state index contributed by atoms with van der Waals surface area (Å²) in [6, 6.07) is 5.77. The van der Waals surface area contributed by atoms with E-state index in [0.717, 1.165) is 17.1 Å². The molecule has 1 aromatic carbocycles. The standard InChI is InChI=1S/C14H20N2O3.ClH/c1-10(7-15-2)14(17)16(3)8-11-4-5-12-13(6-11)19-9-18-12;/h4-6,10,15H,7-9H2,1-3H3;1H. The van der Waals surface area contributed by atoms with Crippen LogP contribution in [0.2, 0.25) is 0 Å². The minimum absolute atomic E-state index is 0. The molecule has 1 aromatic rings. The number of amides is 1. The van der Waals surface area contributed by atoms with Crippen molar-refractivity contribution < 1.29 is 14.3 Å². The van der Waals surface area contributed by atoms with Gasteiger partial charge in [-0.1, -0.05) is 13.0 Å². The van der Waals surface area contributed by atoms with Crippen LogP contribution in [0.3, 0.4) is 0 Å². The van der Waals surface area contributed by atoms with E-state index >= 15 is 0 Å². The smallest absolute Gasteiger partial charge is 0.231 e. The molecule has 0 aromatic heterocycles. The first-order valence-corrected chi connectivity index (χ1v) is 6.40. The van der Waals surface area contributed by atoms with Gasteiger partial charge >= 0.3 is 0 Å². The highest BCUT2D eigenvalue weighted by molar-refractivity contribution is 5.85. The zero-order valence-electron chi connectivity index (χ0n) is 12.0. The van der Waals surface area contributed by atoms with Crippen molar-refractivity contribution in [3.05, 3.63) is 23.8 Å². The fourth-order valence-corrected chi connectivity index (χ4v) is 2.16. The van der Waals surface area contributed by atoms with E-state index < -0.39 is 0 Å². The molecular weight excluding hydrogens is 280 g/mol. The van der Waals surface area contributed by atoms with Gasteiger partial charge in [0.1, 0.15) is 0 Å². The molecule has 1 aliphatic heterocycles. The first-order valence-electron chi connectivity index (χ1n) is 6.40. The highest BCUT2D eigenvalue weighted by Gasteiger charge is 2.18. The van der Waals surface area contributed by atoms with Crippen molar-refractivity contribution in [2.24, 2.45) is 5.92 Å². The average Bonchev–Trinajstić information content (AvgIpc) is 2.85. The van der Waals surface area contributed by atoms with Gasteiger partial charge in [0, 0.05) is 26.1 Å². The van der Waals surface area contributed by atoms with Crippen LogP contribution < -0.4 is 14.8 Å². The number of rotatable bonds is 5. The quantitative estimate of drug-likeness (QED) is 0.898. The Bertz CT molecular complexity index is 468. The van der Waals surface area contributed by atoms with Crippen LogP contribution in [-0.4, -0.2) is 38.2 Å². The van der Waals surface area contributed by atoms with Gasteiger partial charge in [-0.05, 0) is 24.7 Å². The van der Waals surface area contributed by atoms with E-state index in [-0.39, 0.29) is 31.0 Å². The van der Waals surface area contributed by atoms with E-state index in [1.165, 1.54) is 0 Å². The Balaban J connectivity index is 0.00000200. The summed E-state index contributed by atoms with van der Waals surface area (Å²) in [7, 11) is 3.67. The molecule has 112 valence electrons. The van der Waals surface area contributed by atoms with E-state index in [4.69, 9.17) is 9.47 Å². The first-order chi connectivity index (χ1) is 9.11. The number of hydrogen-bond donors (Lipinski definition) is 1. The Morgan fingerprint density at radius 3 is 2.80 bits per heavy atom. The maximum Gasteiger partial charge on any atom is 0.231 e. The average molecular weight is 301 g/mol. The van der Waals surface area contributed by atoms with Crippen molar-refractivity contribution in [1.82, 2.24) is 10.2 Å². The Kier molecular flexibility index (Phi) is 6.10. The molecule has 0 radical (unpaired) electrons. The summed E-state index contributed by atoms with van der Waals surface area (Å²) >= 11 is 0. The molecule has 0 fully saturated rings. The predicted molar refractivity (Wildman–Crippen MR) is 79.4 cm³/mol. The fraction of sp³-hybridized carbons (Fsp3) is 0.500. The molecule has 0 saturated carbocycles. The van der Waals surface area contributed by atoms with Gasteiger partial charge in [-0.3, -0.25) is 4.79 Å². The summed E-state index contributed by atoms with van der Waals surface area (Å²) in [5, 5.41) is 3.02. The Morgan fingerprint density at radius 2 is 2.10 bits per heavy atom. The third kappa shape index (κ3) is 3.77. The van der Waals surface area contributed by atoms with Crippen LogP contribution in [0.15, 0.2) is 18.2 Å². The van der Waals surface area contributed by atoms with E-state index in [9.17, 15) is 4.79 Å². The third-order valence-corrected chi connectivity index (χ3v) is 3.16. The van der Waals surface area contributed by atoms with E-state index in [2.05, 4.69) is 5.32 Å². The molecule has 0 aliphatic carbocycles. The Morgan fingerprint density at radius 1 is 1.40 bits per heavy atom. The Labute approximate surface area is 125 Å². The summed E-state index contributed by atoms with van der Waals surface area (Å²) in [6.07, 6.45) is 0. The topological polar surface area (TPSA) is 50.8 Å². The highest BCUT2D eigenvalue weighted by Crippen LogP contribution is 2.32. The molecule has 5 nitrogen and oxygen atoms in total. The number of benzene rings is 1. The zero-order valence-corrected chi connectivity index (χ0v) is 12.8. The number of ether oxygens (including phenoxy) is 2. The van der Waals surface area contributed by atoms with E-state index in [1.807, 2.05) is 39.2 Å². The summed E-state index contributed by atoms with van der Waals surface area (Å²) in [5.74, 6) is 1.62. The van der Waals surface area contributed by atoms with Gasteiger partial charge in [0.05, 0.1) is 0 Å². The maximum atomic E-state index is 12.1. The van der Waals surface area contributed by atoms with Crippen molar-refractivity contribution in [3.63, 3.8) is 0 Å². The lowest BCUT2D eigenvalue weighted by Crippen LogP contribution is -2.35. The van der Waals surface area contributed by atoms with Crippen molar-refractivity contribution in [1.29, 1.82) is 0 Å². The number of nitrogens with zero attached hydrogens (tertiary/aromatic N) is 1. The molecule has 20 heavy (non-hydrogen) atoms. The third-order valence-electron chi connectivity index (χ3n) is 3.16. The van der Waals surface area contributed by atoms with Crippen LogP contribution in [0, 0.1) is 5.92 Å². The van der Waals surface area contributed by atoms with Crippen LogP contribution in [0.25, 0.3) is 0 Å². The monoisotopic (exact) mass is 300 g/mol. The molecule has 0 bridgehead atoms. The van der Waals surface area contributed by atoms with E-state index in [0.29, 0.717) is 13.1 Å². The molecular formula is C14H21ClN2O3. The maximum absolute atomic E-state index is 12.1. The molecule has 1 atom stereocenters. The summed E-state index contributed by atoms with van der Waals surface area (Å²) in [6.45, 7) is 3.45. The second kappa shape index (κ2) is 7.36. The number of hydrogen-bond acceptors (Lipinski definition) is 4. The number of nitrogens with one attached hydrogen (secondary N) is 1. The first kappa shape index (κ1) is 16.6. The van der Waals surface area contributed by atoms with Gasteiger partial charge in [0.2, 0.25) is 12.7 Å². The lowest BCUT2D eigenvalue weighted by atomic mass is 10.1. The molecule has 6 heteroatoms. The molecule has 0 saturated heterocycles. The van der Waals surface area contributed by atoms with Crippen LogP contribution >= 0.6 is 12.4 Å². The highest BCUT2D eigenvalue weighted by atomic mass is 35.5. The van der Waals surface area contributed by atoms with Gasteiger partial charge in [-0.25, -0.2) is 0 Å². The summed E-state index contributed by atoms with van der Waals surface area (Å²) in [4.78, 5) is 13.8. The van der Waals surface area contributed by atoms with Crippen LogP contribution in [0.5, 0.6) is 11.5 Å². The normalized spacial score (nSPS) is 13.6. The van der Waals surface area contributed by atoms with Crippen molar-refractivity contribution >= 4 is 18.3 Å². The van der Waals surface area contributed by atoms with Gasteiger partial charge < -0.3 is 19.7 Å². The lowest BCUT2D eigenvalue weighted by molar-refractivity contribution is -0.134. The largest absolute Gasteiger partial charge is 0.454 e. The van der Waals surface area contributed by atoms with Crippen molar-refractivity contribution in [3.8, 4) is 11.5 Å². The molecule has 2 rings (SSSR count). The van der Waals surface area contributed by atoms with Crippen molar-refractivity contribution in [2.75, 3.05) is 27.4 Å². The SMILES string of the molecule is CNCC(C)C(=O)N(C)Cc1ccc2c(c1)OCO2.Cl. The summed E-state index contributed by atoms with van der Waals surface area (Å²) < 4.78 is 10.6. The van der Waals surface area contributed by atoms with Gasteiger partial charge in [0.15, 0.2) is 11.5 Å². The van der Waals surface area contributed by atoms with Crippen LogP contribution in [0.1, 0.15) is 12.5 Å². The molecule has 1 amide bonds. The number of carbonyl (C=O) groups excluding carboxylic acids is 1. The van der Waals surface area contributed by atoms with Crippen LogP contribution in [0.4, 0.5) is 0 Å². The van der Waals surface area contributed by atoms with Gasteiger partial charge in [-0.15, -0.1) is 12.4 Å².